The fourth-order valence-corrected chi connectivity index (χ4v) is 3.47. The van der Waals surface area contributed by atoms with Gasteiger partial charge in [0.05, 0.1) is 24.0 Å². The molecule has 0 bridgehead atoms. The second-order valence-corrected chi connectivity index (χ2v) is 6.93. The maximum absolute atomic E-state index is 12.2. The number of aryl methyl sites for hydroxylation is 2. The van der Waals surface area contributed by atoms with Gasteiger partial charge in [-0.05, 0) is 38.1 Å². The van der Waals surface area contributed by atoms with Gasteiger partial charge >= 0.3 is 0 Å². The first kappa shape index (κ1) is 17.2. The Hall–Kier alpha value is -2.67. The van der Waals surface area contributed by atoms with Crippen LogP contribution >= 0.6 is 11.3 Å². The van der Waals surface area contributed by atoms with Crippen molar-refractivity contribution in [1.29, 1.82) is 0 Å². The van der Waals surface area contributed by atoms with Gasteiger partial charge in [0, 0.05) is 30.9 Å². The van der Waals surface area contributed by atoms with Crippen LogP contribution in [0.3, 0.4) is 0 Å². The van der Waals surface area contributed by atoms with Crippen LogP contribution in [-0.2, 0) is 11.2 Å². The second-order valence-electron chi connectivity index (χ2n) is 6.09. The van der Waals surface area contributed by atoms with Crippen molar-refractivity contribution in [3.8, 4) is 5.13 Å². The summed E-state index contributed by atoms with van der Waals surface area (Å²) in [4.78, 5) is 23.0. The zero-order chi connectivity index (χ0) is 18.0. The number of pyridine rings is 1. The predicted molar refractivity (Wildman–Crippen MR) is 102 cm³/mol. The zero-order valence-electron chi connectivity index (χ0n) is 14.8. The number of hydrogen-bond acceptors (Lipinski definition) is 5. The topological polar surface area (TPSA) is 63.1 Å². The molecule has 3 rings (SSSR count). The van der Waals surface area contributed by atoms with Crippen LogP contribution in [0, 0.1) is 13.8 Å². The van der Waals surface area contributed by atoms with Crippen LogP contribution in [0.5, 0.6) is 0 Å². The number of anilines is 2. The molecule has 3 heterocycles. The van der Waals surface area contributed by atoms with E-state index in [0.29, 0.717) is 5.82 Å². The molecule has 0 fully saturated rings. The Morgan fingerprint density at radius 2 is 1.92 bits per heavy atom. The highest BCUT2D eigenvalue weighted by molar-refractivity contribution is 7.12. The normalized spacial score (nSPS) is 10.7. The Morgan fingerprint density at radius 3 is 2.52 bits per heavy atom. The van der Waals surface area contributed by atoms with Crippen molar-refractivity contribution in [2.45, 2.75) is 20.3 Å². The van der Waals surface area contributed by atoms with Crippen LogP contribution in [0.4, 0.5) is 11.5 Å². The molecule has 0 saturated carbocycles. The second kappa shape index (κ2) is 7.06. The lowest BCUT2D eigenvalue weighted by molar-refractivity contribution is -0.115. The van der Waals surface area contributed by atoms with Crippen LogP contribution < -0.4 is 10.2 Å². The maximum atomic E-state index is 12.2. The minimum atomic E-state index is -0.122. The first-order valence-corrected chi connectivity index (χ1v) is 8.85. The summed E-state index contributed by atoms with van der Waals surface area (Å²) in [5, 5.41) is 5.62. The molecule has 0 aliphatic rings. The lowest BCUT2D eigenvalue weighted by atomic mass is 10.3. The fourth-order valence-electron chi connectivity index (χ4n) is 2.53. The van der Waals surface area contributed by atoms with Crippen LogP contribution in [0.15, 0.2) is 35.8 Å². The first-order chi connectivity index (χ1) is 11.9. The quantitative estimate of drug-likeness (QED) is 0.763. The van der Waals surface area contributed by atoms with E-state index in [-0.39, 0.29) is 12.3 Å². The number of aromatic nitrogens is 3. The van der Waals surface area contributed by atoms with E-state index in [4.69, 9.17) is 0 Å². The van der Waals surface area contributed by atoms with Crippen LogP contribution in [0.25, 0.3) is 5.13 Å². The summed E-state index contributed by atoms with van der Waals surface area (Å²) in [6, 6.07) is 7.84. The lowest BCUT2D eigenvalue weighted by Crippen LogP contribution is -2.16. The third-order valence-corrected chi connectivity index (χ3v) is 4.75. The van der Waals surface area contributed by atoms with Gasteiger partial charge in [-0.1, -0.05) is 0 Å². The highest BCUT2D eigenvalue weighted by atomic mass is 32.1. The van der Waals surface area contributed by atoms with Gasteiger partial charge in [0.25, 0.3) is 0 Å². The number of thiazole rings is 1. The molecule has 3 aromatic heterocycles. The molecule has 0 aromatic carbocycles. The molecule has 0 atom stereocenters. The molecule has 0 radical (unpaired) electrons. The minimum absolute atomic E-state index is 0.122. The lowest BCUT2D eigenvalue weighted by Gasteiger charge is -2.12. The summed E-state index contributed by atoms with van der Waals surface area (Å²) >= 11 is 1.54. The monoisotopic (exact) mass is 355 g/mol. The largest absolute Gasteiger partial charge is 0.376 e. The average molecular weight is 355 g/mol. The predicted octanol–water partition coefficient (Wildman–Crippen LogP) is 3.19. The van der Waals surface area contributed by atoms with Gasteiger partial charge in [0.15, 0.2) is 5.13 Å². The third kappa shape index (κ3) is 3.88. The molecular weight excluding hydrogens is 334 g/mol. The molecule has 0 saturated heterocycles. The van der Waals surface area contributed by atoms with Gasteiger partial charge in [0.2, 0.25) is 5.91 Å². The Labute approximate surface area is 151 Å². The van der Waals surface area contributed by atoms with E-state index in [1.165, 1.54) is 11.3 Å². The molecule has 130 valence electrons. The van der Waals surface area contributed by atoms with E-state index in [1.54, 1.807) is 12.3 Å². The molecule has 7 heteroatoms. The highest BCUT2D eigenvalue weighted by Crippen LogP contribution is 2.21. The summed E-state index contributed by atoms with van der Waals surface area (Å²) in [6.07, 6.45) is 1.96. The number of amides is 1. The summed E-state index contributed by atoms with van der Waals surface area (Å²) in [6.45, 7) is 4.09. The van der Waals surface area contributed by atoms with Crippen molar-refractivity contribution in [2.75, 3.05) is 24.3 Å². The number of rotatable bonds is 5. The zero-order valence-corrected chi connectivity index (χ0v) is 15.6. The number of nitrogens with one attached hydrogen (secondary N) is 1. The summed E-state index contributed by atoms with van der Waals surface area (Å²) < 4.78 is 2.09. The van der Waals surface area contributed by atoms with E-state index >= 15 is 0 Å². The van der Waals surface area contributed by atoms with Gasteiger partial charge in [0.1, 0.15) is 5.82 Å². The molecular formula is C18H21N5OS. The van der Waals surface area contributed by atoms with E-state index in [9.17, 15) is 4.79 Å². The van der Waals surface area contributed by atoms with Crippen LogP contribution in [0.2, 0.25) is 0 Å². The van der Waals surface area contributed by atoms with Crippen molar-refractivity contribution in [2.24, 2.45) is 0 Å². The van der Waals surface area contributed by atoms with E-state index in [1.807, 2.05) is 44.3 Å². The highest BCUT2D eigenvalue weighted by Gasteiger charge is 2.12. The van der Waals surface area contributed by atoms with Crippen molar-refractivity contribution in [1.82, 2.24) is 14.5 Å². The smallest absolute Gasteiger partial charge is 0.231 e. The van der Waals surface area contributed by atoms with Crippen molar-refractivity contribution in [3.05, 3.63) is 52.9 Å². The van der Waals surface area contributed by atoms with Gasteiger partial charge < -0.3 is 10.2 Å². The van der Waals surface area contributed by atoms with Crippen molar-refractivity contribution in [3.63, 3.8) is 0 Å². The van der Waals surface area contributed by atoms with Crippen LogP contribution in [0.1, 0.15) is 17.1 Å². The number of hydrogen-bond donors (Lipinski definition) is 1. The van der Waals surface area contributed by atoms with E-state index in [2.05, 4.69) is 32.0 Å². The molecule has 0 aliphatic heterocycles. The van der Waals surface area contributed by atoms with Crippen molar-refractivity contribution < 1.29 is 4.79 Å². The first-order valence-electron chi connectivity index (χ1n) is 7.97. The van der Waals surface area contributed by atoms with E-state index < -0.39 is 0 Å². The summed E-state index contributed by atoms with van der Waals surface area (Å²) in [5.41, 5.74) is 4.01. The van der Waals surface area contributed by atoms with Crippen LogP contribution in [-0.4, -0.2) is 34.5 Å². The standard InChI is InChI=1S/C18H21N5OS/c1-12-5-6-13(2)23(12)18-20-14(11-25-18)9-17(24)21-16-8-7-15(10-19-16)22(3)4/h5-8,10-11H,9H2,1-4H3,(H,19,21,24). The summed E-state index contributed by atoms with van der Waals surface area (Å²) in [5.74, 6) is 0.422. The number of carbonyl (C=O) groups is 1. The summed E-state index contributed by atoms with van der Waals surface area (Å²) in [7, 11) is 3.90. The number of nitrogens with zero attached hydrogens (tertiary/aromatic N) is 4. The minimum Gasteiger partial charge on any atom is -0.376 e. The molecule has 1 N–H and O–H groups in total. The van der Waals surface area contributed by atoms with Gasteiger partial charge in [-0.25, -0.2) is 9.97 Å². The third-order valence-electron chi connectivity index (χ3n) is 3.88. The molecule has 1 amide bonds. The SMILES string of the molecule is Cc1ccc(C)n1-c1nc(CC(=O)Nc2ccc(N(C)C)cn2)cs1. The van der Waals surface area contributed by atoms with Gasteiger partial charge in [-0.2, -0.15) is 0 Å². The average Bonchev–Trinajstić information content (AvgIpc) is 3.14. The molecule has 6 nitrogen and oxygen atoms in total. The van der Waals surface area contributed by atoms with E-state index in [0.717, 1.165) is 27.9 Å². The molecule has 0 unspecified atom stereocenters. The number of carbonyl (C=O) groups excluding carboxylic acids is 1. The Kier molecular flexibility index (Phi) is 4.85. The molecule has 3 aromatic rings. The Balaban J connectivity index is 1.66. The molecule has 0 aliphatic carbocycles. The molecule has 0 spiro atoms. The van der Waals surface area contributed by atoms with Crippen molar-refractivity contribution >= 4 is 28.7 Å². The van der Waals surface area contributed by atoms with Gasteiger partial charge in [-0.3, -0.25) is 9.36 Å². The van der Waals surface area contributed by atoms with Gasteiger partial charge in [-0.15, -0.1) is 11.3 Å². The molecule has 25 heavy (non-hydrogen) atoms. The Morgan fingerprint density at radius 1 is 1.20 bits per heavy atom. The fraction of sp³-hybridized carbons (Fsp3) is 0.278. The Bertz CT molecular complexity index is 860. The maximum Gasteiger partial charge on any atom is 0.231 e.